The first-order valence-corrected chi connectivity index (χ1v) is 35.1. The lowest BCUT2D eigenvalue weighted by Crippen LogP contribution is -2.26. The number of aryl methyl sites for hydroxylation is 5. The minimum atomic E-state index is -1.00. The zero-order valence-electron chi connectivity index (χ0n) is 68.4. The lowest BCUT2D eigenvalue weighted by atomic mass is 10.0. The van der Waals surface area contributed by atoms with Crippen molar-refractivity contribution in [1.82, 2.24) is 80.9 Å². The van der Waals surface area contributed by atoms with Gasteiger partial charge in [-0.05, 0) is 131 Å². The molecule has 0 saturated carbocycles. The molecule has 0 aliphatic heterocycles. The molecule has 34 nitrogen and oxygen atoms in total. The zero-order valence-corrected chi connectivity index (χ0v) is 66.4. The number of H-pyrrole nitrogens is 4. The number of amides is 1. The number of ketones is 2. The number of rotatable bonds is 22. The highest BCUT2D eigenvalue weighted by Gasteiger charge is 2.29. The molecule has 14 N–H and O–H groups in total. The van der Waals surface area contributed by atoms with E-state index in [0.29, 0.717) is 90.4 Å². The number of halogens is 5. The predicted octanol–water partition coefficient (Wildman–Crippen LogP) is 13.6. The third kappa shape index (κ3) is 20.2. The summed E-state index contributed by atoms with van der Waals surface area (Å²) in [5.41, 5.74) is 17.0. The number of aromatic amines is 4. The SMILES string of the molecule is C.NN.O.[2H]C#C.[2H]CF.[C-]#[N+]c1c(-c2ccc(OC)cc2F)nc2n[nH]c(-c3nnc(CCCCN(CC)CC)o3)c2c1C.[C-]#[N+]c1c(-c2ccc(OC)cc2F)nc2n[nH]c(C(=O)CN)c2c1C.[C-]#[N+]c1c(-c2ccc(OC)cc2F)nc2n[nH]c(C(=O)CN)c2c1C.[C-]#[N+]c1c(-c2ccc(OC)cc2F)nc2n[nH]c(C(=O)N(C)OC)c2c1C. The number of methoxy groups -OCH3 is 4. The lowest BCUT2D eigenvalue weighted by molar-refractivity contribution is -0.0759. The van der Waals surface area contributed by atoms with Crippen LogP contribution in [0.2, 0.25) is 0 Å². The molecular formula is C81H87F5N24O10. The lowest BCUT2D eigenvalue weighted by Gasteiger charge is -2.17. The van der Waals surface area contributed by atoms with Crippen LogP contribution in [0.15, 0.2) is 77.2 Å². The molecule has 120 heavy (non-hydrogen) atoms. The molecule has 4 aromatic carbocycles. The van der Waals surface area contributed by atoms with Gasteiger partial charge in [0.1, 0.15) is 70.4 Å². The summed E-state index contributed by atoms with van der Waals surface area (Å²) in [5.74, 6) is 6.92. The van der Waals surface area contributed by atoms with Gasteiger partial charge in [-0.25, -0.2) is 61.9 Å². The van der Waals surface area contributed by atoms with Crippen LogP contribution in [0, 0.1) is 90.1 Å². The van der Waals surface area contributed by atoms with E-state index in [-0.39, 0.29) is 145 Å². The highest BCUT2D eigenvalue weighted by atomic mass is 19.1. The zero-order chi connectivity index (χ0) is 88.4. The maximum Gasteiger partial charge on any atom is 0.295 e. The number of nitrogens with zero attached hydrogens (tertiary/aromatic N) is 16. The number of Topliss-reactive ketones (excluding diaryl/α,β-unsaturated/α-hetero) is 2. The standard InChI is InChI=1S/C25H28FN7O2.C18H16FN5O3.2C17H14FN5O2.C2H2.CH3F.CH4.H4N2.H2O/c1-6-33(7-2)13-9-8-10-19-29-32-25(35-19)23-20-15(3)21(27-4)22(28-24(20)31-30-23)17-12-11-16(34-5)14-18(17)26;1-9-13-16(18(25)24(3)27-5)22-23-17(13)21-15(14(9)20-2)11-7-6-10(26-4)8-12(11)19;2*1-8-13-16(12(24)7-19)22-23-17(13)21-15(14(8)20-2)10-5-4-9(25-3)6-11(10)18;2*1-2;;1-2;/h11-12,14H,6-10,13H2,1-3,5H3,(H,28,30,31);6-8H,1,3-5H3,(H,21,22,23);2*4-6H,7,19H2,1,3H3,(H,21,22,23);1-2H;1H3;1H4;1-2H2;1H2/i;;;;2*1D;;;. The molecule has 0 fully saturated rings. The van der Waals surface area contributed by atoms with Crippen molar-refractivity contribution >= 4 is 84.4 Å². The number of nitrogens with one attached hydrogen (secondary N) is 4. The van der Waals surface area contributed by atoms with E-state index < -0.39 is 36.3 Å². The number of carbonyl (C=O) groups excluding carboxylic acids is 3. The fraction of sp³-hybridized carbons (Fsp3) is 0.272. The molecule has 0 aliphatic carbocycles. The number of pyridine rings is 4. The Morgan fingerprint density at radius 1 is 0.542 bits per heavy atom. The second kappa shape index (κ2) is 44.5. The van der Waals surface area contributed by atoms with E-state index in [1.165, 1.54) is 91.5 Å². The van der Waals surface area contributed by atoms with Crippen molar-refractivity contribution in [3.63, 3.8) is 0 Å². The number of terminal acetylenes is 1. The van der Waals surface area contributed by atoms with Crippen molar-refractivity contribution in [3.8, 4) is 92.4 Å². The van der Waals surface area contributed by atoms with Gasteiger partial charge >= 0.3 is 0 Å². The summed E-state index contributed by atoms with van der Waals surface area (Å²) < 4.78 is 105. The van der Waals surface area contributed by atoms with Crippen LogP contribution in [0.1, 0.15) is 96.5 Å². The van der Waals surface area contributed by atoms with Crippen molar-refractivity contribution in [1.29, 1.82) is 0 Å². The Hall–Kier alpha value is -14.6. The molecule has 0 unspecified atom stereocenters. The first-order chi connectivity index (χ1) is 57.8. The Labute approximate surface area is 688 Å². The average molecular weight is 1650 g/mol. The number of alkyl halides is 1. The van der Waals surface area contributed by atoms with Gasteiger partial charge in [0.05, 0.1) is 106 Å². The van der Waals surface area contributed by atoms with Crippen molar-refractivity contribution in [2.45, 2.75) is 68.2 Å². The van der Waals surface area contributed by atoms with Crippen molar-refractivity contribution in [2.24, 2.45) is 23.2 Å². The molecule has 0 atom stereocenters. The average Bonchev–Trinajstić information content (AvgIpc) is 1.56. The number of carbonyl (C=O) groups is 3. The summed E-state index contributed by atoms with van der Waals surface area (Å²) in [5, 5.41) is 38.4. The molecule has 39 heteroatoms. The Kier molecular flexibility index (Phi) is 34.3. The van der Waals surface area contributed by atoms with E-state index in [0.717, 1.165) is 37.5 Å². The Morgan fingerprint density at radius 2 is 0.850 bits per heavy atom. The van der Waals surface area contributed by atoms with Gasteiger partial charge in [0.15, 0.2) is 34.2 Å². The number of hydrogen-bond acceptors (Lipinski definition) is 24. The maximum absolute atomic E-state index is 14.8. The normalized spacial score (nSPS) is 10.4. The molecule has 0 aliphatic rings. The number of hydroxylamine groups is 2. The molecule has 13 rings (SSSR count). The molecule has 9 heterocycles. The maximum atomic E-state index is 14.8. The first kappa shape index (κ1) is 92.6. The second-order valence-electron chi connectivity index (χ2n) is 24.5. The van der Waals surface area contributed by atoms with Crippen molar-refractivity contribution in [3.05, 3.63) is 187 Å². The van der Waals surface area contributed by atoms with Crippen molar-refractivity contribution < 1.29 is 72.8 Å². The third-order valence-corrected chi connectivity index (χ3v) is 18.2. The Balaban J connectivity index is 0.000000282. The molecule has 0 spiro atoms. The molecule has 0 radical (unpaired) electrons. The van der Waals surface area contributed by atoms with E-state index >= 15 is 0 Å². The van der Waals surface area contributed by atoms with Gasteiger partial charge in [0, 0.05) is 81.5 Å². The number of hydrogen-bond donors (Lipinski definition) is 8. The summed E-state index contributed by atoms with van der Waals surface area (Å²) in [6, 6.07) is 17.3. The number of aromatic nitrogens is 14. The fourth-order valence-corrected chi connectivity index (χ4v) is 12.2. The molecule has 13 aromatic rings. The van der Waals surface area contributed by atoms with Crippen LogP contribution >= 0.6 is 0 Å². The monoisotopic (exact) mass is 1650 g/mol. The van der Waals surface area contributed by atoms with Crippen LogP contribution in [0.3, 0.4) is 0 Å². The van der Waals surface area contributed by atoms with Gasteiger partial charge in [0.25, 0.3) is 11.8 Å². The predicted molar refractivity (Wildman–Crippen MR) is 443 cm³/mol. The Morgan fingerprint density at radius 3 is 1.15 bits per heavy atom. The third-order valence-electron chi connectivity index (χ3n) is 18.2. The van der Waals surface area contributed by atoms with E-state index in [2.05, 4.69) is 127 Å². The van der Waals surface area contributed by atoms with E-state index in [1.54, 1.807) is 58.0 Å². The summed E-state index contributed by atoms with van der Waals surface area (Å²) in [6.45, 7) is 44.1. The number of hydrazine groups is 1. The van der Waals surface area contributed by atoms with Gasteiger partial charge in [-0.15, -0.1) is 23.0 Å². The van der Waals surface area contributed by atoms with E-state index in [1.807, 2.05) is 0 Å². The quantitative estimate of drug-likeness (QED) is 0.00594. The number of fused-ring (bicyclic) bond motifs is 4. The fourth-order valence-electron chi connectivity index (χ4n) is 12.2. The van der Waals surface area contributed by atoms with Crippen LogP contribution in [0.5, 0.6) is 23.0 Å². The summed E-state index contributed by atoms with van der Waals surface area (Å²) in [4.78, 5) is 75.2. The highest BCUT2D eigenvalue weighted by molar-refractivity contribution is 6.11. The molecule has 9 aromatic heterocycles. The molecule has 1 amide bonds. The van der Waals surface area contributed by atoms with Crippen LogP contribution in [0.25, 0.3) is 120 Å². The van der Waals surface area contributed by atoms with Gasteiger partial charge < -0.3 is 45.2 Å². The van der Waals surface area contributed by atoms with Crippen LogP contribution in [0.4, 0.5) is 44.7 Å². The summed E-state index contributed by atoms with van der Waals surface area (Å²) >= 11 is 0. The van der Waals surface area contributed by atoms with E-state index in [9.17, 15) is 36.3 Å². The second-order valence-corrected chi connectivity index (χ2v) is 24.5. The van der Waals surface area contributed by atoms with Gasteiger partial charge in [0.2, 0.25) is 28.6 Å². The Bertz CT molecular complexity index is 5950. The molecule has 626 valence electrons. The van der Waals surface area contributed by atoms with E-state index in [4.69, 9.17) is 68.7 Å². The van der Waals surface area contributed by atoms with Crippen LogP contribution < -0.4 is 42.1 Å². The van der Waals surface area contributed by atoms with Crippen LogP contribution in [-0.2, 0) is 11.3 Å². The van der Waals surface area contributed by atoms with Crippen LogP contribution in [-0.4, -0.2) is 186 Å². The number of nitrogens with two attached hydrogens (primary N) is 4. The number of benzene rings is 4. The largest absolute Gasteiger partial charge is 0.497 e. The van der Waals surface area contributed by atoms with Crippen molar-refractivity contribution in [2.75, 3.05) is 82.5 Å². The van der Waals surface area contributed by atoms with Gasteiger partial charge in [-0.2, -0.15) is 20.4 Å². The highest BCUT2D eigenvalue weighted by Crippen LogP contribution is 2.44. The number of ether oxygens (including phenoxy) is 4. The minimum Gasteiger partial charge on any atom is -0.497 e. The van der Waals surface area contributed by atoms with Gasteiger partial charge in [-0.3, -0.25) is 55.7 Å². The van der Waals surface area contributed by atoms with Gasteiger partial charge in [-0.1, -0.05) is 21.3 Å². The molecule has 0 bridgehead atoms. The number of unbranched alkanes of at least 4 members (excludes halogenated alkanes) is 1. The topological polar surface area (TPSA) is 462 Å². The summed E-state index contributed by atoms with van der Waals surface area (Å²) in [7, 11) is 7.59. The smallest absolute Gasteiger partial charge is 0.295 e. The first-order valence-electron chi connectivity index (χ1n) is 36.3. The molecule has 0 saturated heterocycles. The minimum absolute atomic E-state index is 0. The summed E-state index contributed by atoms with van der Waals surface area (Å²) in [6.07, 6.45) is 8.45. The molecular weight excluding hydrogens is 1560 g/mol.